The van der Waals surface area contributed by atoms with E-state index in [9.17, 15) is 9.59 Å². The summed E-state index contributed by atoms with van der Waals surface area (Å²) in [4.78, 5) is 31.4. The predicted molar refractivity (Wildman–Crippen MR) is 115 cm³/mol. The van der Waals surface area contributed by atoms with E-state index in [0.717, 1.165) is 23.4 Å². The van der Waals surface area contributed by atoms with Crippen molar-refractivity contribution in [3.8, 4) is 5.75 Å². The van der Waals surface area contributed by atoms with Crippen LogP contribution in [-0.2, 0) is 9.53 Å². The summed E-state index contributed by atoms with van der Waals surface area (Å²) in [6, 6.07) is 14.3. The molecule has 1 amide bonds. The zero-order valence-corrected chi connectivity index (χ0v) is 17.4. The fourth-order valence-corrected chi connectivity index (χ4v) is 3.79. The minimum absolute atomic E-state index is 0.0684. The average Bonchev–Trinajstić information content (AvgIpc) is 3.03. The molecule has 3 rings (SSSR count). The van der Waals surface area contributed by atoms with Gasteiger partial charge < -0.3 is 9.47 Å². The van der Waals surface area contributed by atoms with Crippen LogP contribution < -0.4 is 4.74 Å². The van der Waals surface area contributed by atoms with E-state index in [1.807, 2.05) is 37.3 Å². The van der Waals surface area contributed by atoms with Crippen LogP contribution in [0, 0.1) is 0 Å². The van der Waals surface area contributed by atoms with Crippen molar-refractivity contribution in [1.82, 2.24) is 4.90 Å². The van der Waals surface area contributed by atoms with E-state index in [1.54, 1.807) is 36.3 Å². The summed E-state index contributed by atoms with van der Waals surface area (Å²) in [7, 11) is 2.96. The third-order valence-electron chi connectivity index (χ3n) is 4.26. The smallest absolute Gasteiger partial charge is 0.337 e. The highest BCUT2D eigenvalue weighted by atomic mass is 32.2. The number of hydrogen-bond acceptors (Lipinski definition) is 6. The van der Waals surface area contributed by atoms with Gasteiger partial charge in [-0.05, 0) is 66.2 Å². The van der Waals surface area contributed by atoms with Crippen molar-refractivity contribution in [2.24, 2.45) is 4.99 Å². The number of carbonyl (C=O) groups excluding carboxylic acids is 2. The quantitative estimate of drug-likeness (QED) is 0.518. The minimum atomic E-state index is -0.390. The number of ether oxygens (including phenoxy) is 2. The highest BCUT2D eigenvalue weighted by Crippen LogP contribution is 2.34. The van der Waals surface area contributed by atoms with Crippen molar-refractivity contribution < 1.29 is 19.1 Å². The van der Waals surface area contributed by atoms with Crippen LogP contribution in [0.3, 0.4) is 0 Å². The normalized spacial score (nSPS) is 16.5. The molecule has 0 aromatic heterocycles. The van der Waals surface area contributed by atoms with E-state index in [2.05, 4.69) is 4.99 Å². The van der Waals surface area contributed by atoms with Crippen molar-refractivity contribution in [3.05, 3.63) is 64.6 Å². The first-order valence-electron chi connectivity index (χ1n) is 9.18. The van der Waals surface area contributed by atoms with Crippen LogP contribution in [0.5, 0.6) is 5.75 Å². The maximum atomic E-state index is 12.9. The number of carbonyl (C=O) groups is 2. The van der Waals surface area contributed by atoms with Gasteiger partial charge in [-0.25, -0.2) is 9.79 Å². The molecular weight excluding hydrogens is 388 g/mol. The summed E-state index contributed by atoms with van der Waals surface area (Å²) < 4.78 is 9.88. The molecule has 0 N–H and O–H groups in total. The summed E-state index contributed by atoms with van der Waals surface area (Å²) in [5, 5.41) is 0.652. The van der Waals surface area contributed by atoms with Gasteiger partial charge in [0.05, 0.1) is 30.4 Å². The number of thioether (sulfide) groups is 1. The molecule has 7 heteroatoms. The molecule has 0 spiro atoms. The van der Waals surface area contributed by atoms with Crippen molar-refractivity contribution in [3.63, 3.8) is 0 Å². The standard InChI is InChI=1S/C22H22N2O4S/c1-4-13-24-20(25)19(14-15-5-7-16(8-6-15)21(26)28-3)29-22(24)23-17-9-11-18(27-2)12-10-17/h5-12,14H,4,13H2,1-3H3/b19-14-,23-22?. The molecule has 0 aliphatic carbocycles. The van der Waals surface area contributed by atoms with E-state index < -0.39 is 5.97 Å². The van der Waals surface area contributed by atoms with E-state index in [-0.39, 0.29) is 5.91 Å². The molecule has 2 aromatic carbocycles. The molecule has 0 saturated carbocycles. The lowest BCUT2D eigenvalue weighted by Gasteiger charge is -2.14. The van der Waals surface area contributed by atoms with Crippen LogP contribution >= 0.6 is 11.8 Å². The third kappa shape index (κ3) is 4.86. The monoisotopic (exact) mass is 410 g/mol. The fourth-order valence-electron chi connectivity index (χ4n) is 2.76. The van der Waals surface area contributed by atoms with Gasteiger partial charge >= 0.3 is 5.97 Å². The Kier molecular flexibility index (Phi) is 6.72. The third-order valence-corrected chi connectivity index (χ3v) is 5.27. The number of rotatable bonds is 6. The number of amidine groups is 1. The molecule has 0 unspecified atom stereocenters. The molecule has 1 aliphatic heterocycles. The summed E-state index contributed by atoms with van der Waals surface area (Å²) >= 11 is 1.35. The number of methoxy groups -OCH3 is 2. The molecule has 1 saturated heterocycles. The SMILES string of the molecule is CCCN1C(=O)/C(=C/c2ccc(C(=O)OC)cc2)SC1=Nc1ccc(OC)cc1. The number of aliphatic imine (C=N–C) groups is 1. The lowest BCUT2D eigenvalue weighted by molar-refractivity contribution is -0.122. The Bertz CT molecular complexity index is 950. The van der Waals surface area contributed by atoms with Gasteiger partial charge in [0.1, 0.15) is 5.75 Å². The predicted octanol–water partition coefficient (Wildman–Crippen LogP) is 4.50. The van der Waals surface area contributed by atoms with Gasteiger partial charge in [-0.2, -0.15) is 0 Å². The number of nitrogens with zero attached hydrogens (tertiary/aromatic N) is 2. The molecule has 0 bridgehead atoms. The second-order valence-electron chi connectivity index (χ2n) is 6.27. The topological polar surface area (TPSA) is 68.2 Å². The second kappa shape index (κ2) is 9.43. The second-order valence-corrected chi connectivity index (χ2v) is 7.28. The molecule has 0 atom stereocenters. The van der Waals surface area contributed by atoms with Gasteiger partial charge in [0, 0.05) is 6.54 Å². The van der Waals surface area contributed by atoms with Crippen molar-refractivity contribution >= 4 is 40.6 Å². The molecule has 1 fully saturated rings. The molecule has 2 aromatic rings. The van der Waals surface area contributed by atoms with Gasteiger partial charge in [0.2, 0.25) is 0 Å². The Labute approximate surface area is 174 Å². The van der Waals surface area contributed by atoms with Gasteiger partial charge in [-0.3, -0.25) is 9.69 Å². The van der Waals surface area contributed by atoms with Crippen LogP contribution in [0.2, 0.25) is 0 Å². The van der Waals surface area contributed by atoms with E-state index in [1.165, 1.54) is 18.9 Å². The summed E-state index contributed by atoms with van der Waals surface area (Å²) in [6.07, 6.45) is 2.64. The van der Waals surface area contributed by atoms with Crippen LogP contribution in [0.4, 0.5) is 5.69 Å². The van der Waals surface area contributed by atoms with Gasteiger partial charge in [0.25, 0.3) is 5.91 Å². The first kappa shape index (κ1) is 20.7. The first-order chi connectivity index (χ1) is 14.0. The van der Waals surface area contributed by atoms with Crippen LogP contribution in [0.15, 0.2) is 58.4 Å². The molecule has 29 heavy (non-hydrogen) atoms. The number of esters is 1. The van der Waals surface area contributed by atoms with Crippen LogP contribution in [-0.4, -0.2) is 42.7 Å². The molecular formula is C22H22N2O4S. The zero-order valence-electron chi connectivity index (χ0n) is 16.5. The van der Waals surface area contributed by atoms with Crippen molar-refractivity contribution in [1.29, 1.82) is 0 Å². The summed E-state index contributed by atoms with van der Waals surface area (Å²) in [5.41, 5.74) is 2.05. The minimum Gasteiger partial charge on any atom is -0.497 e. The highest BCUT2D eigenvalue weighted by Gasteiger charge is 2.32. The van der Waals surface area contributed by atoms with Crippen LogP contribution in [0.25, 0.3) is 6.08 Å². The lowest BCUT2D eigenvalue weighted by atomic mass is 10.1. The summed E-state index contributed by atoms with van der Waals surface area (Å²) in [5.74, 6) is 0.296. The average molecular weight is 410 g/mol. The molecule has 0 radical (unpaired) electrons. The molecule has 6 nitrogen and oxygen atoms in total. The Morgan fingerprint density at radius 1 is 1.10 bits per heavy atom. The molecule has 150 valence electrons. The molecule has 1 aliphatic rings. The number of benzene rings is 2. The molecule has 1 heterocycles. The van der Waals surface area contributed by atoms with Gasteiger partial charge in [0.15, 0.2) is 5.17 Å². The summed E-state index contributed by atoms with van der Waals surface area (Å²) in [6.45, 7) is 2.62. The van der Waals surface area contributed by atoms with Gasteiger partial charge in [-0.15, -0.1) is 0 Å². The van der Waals surface area contributed by atoms with Crippen LogP contribution in [0.1, 0.15) is 29.3 Å². The van der Waals surface area contributed by atoms with Gasteiger partial charge in [-0.1, -0.05) is 19.1 Å². The van der Waals surface area contributed by atoms with E-state index in [0.29, 0.717) is 22.2 Å². The number of amides is 1. The van der Waals surface area contributed by atoms with Crippen molar-refractivity contribution in [2.45, 2.75) is 13.3 Å². The highest BCUT2D eigenvalue weighted by molar-refractivity contribution is 8.18. The Morgan fingerprint density at radius 3 is 2.38 bits per heavy atom. The Morgan fingerprint density at radius 2 is 1.79 bits per heavy atom. The Hall–Kier alpha value is -3.06. The number of hydrogen-bond donors (Lipinski definition) is 0. The maximum absolute atomic E-state index is 12.9. The largest absolute Gasteiger partial charge is 0.497 e. The maximum Gasteiger partial charge on any atom is 0.337 e. The van der Waals surface area contributed by atoms with Crippen molar-refractivity contribution in [2.75, 3.05) is 20.8 Å². The lowest BCUT2D eigenvalue weighted by Crippen LogP contribution is -2.29. The fraction of sp³-hybridized carbons (Fsp3) is 0.227. The first-order valence-corrected chi connectivity index (χ1v) is 10.00. The van der Waals surface area contributed by atoms with E-state index >= 15 is 0 Å². The zero-order chi connectivity index (χ0) is 20.8. The Balaban J connectivity index is 1.86. The van der Waals surface area contributed by atoms with E-state index in [4.69, 9.17) is 9.47 Å².